The number of alkyl halides is 6. The van der Waals surface area contributed by atoms with Crippen molar-refractivity contribution in [1.82, 2.24) is 14.4 Å². The Balaban J connectivity index is 2.09. The Morgan fingerprint density at radius 3 is 2.41 bits per heavy atom. The van der Waals surface area contributed by atoms with Crippen molar-refractivity contribution in [2.75, 3.05) is 7.11 Å². The van der Waals surface area contributed by atoms with Crippen LogP contribution < -0.4 is 4.74 Å². The minimum Gasteiger partial charge on any atom is -0.406 e. The van der Waals surface area contributed by atoms with E-state index < -0.39 is 24.1 Å². The third kappa shape index (κ3) is 4.13. The fourth-order valence-corrected chi connectivity index (χ4v) is 2.56. The van der Waals surface area contributed by atoms with Crippen molar-refractivity contribution in [1.29, 1.82) is 0 Å². The molecule has 0 N–H and O–H groups in total. The first-order valence-electron chi connectivity index (χ1n) is 7.37. The summed E-state index contributed by atoms with van der Waals surface area (Å²) in [6.45, 7) is -0.0848. The van der Waals surface area contributed by atoms with Gasteiger partial charge in [-0.15, -0.1) is 13.2 Å². The molecule has 5 nitrogen and oxygen atoms in total. The van der Waals surface area contributed by atoms with Crippen molar-refractivity contribution in [2.24, 2.45) is 0 Å². The van der Waals surface area contributed by atoms with Gasteiger partial charge in [0, 0.05) is 25.1 Å². The maximum absolute atomic E-state index is 13.0. The number of hydrogen-bond donors (Lipinski definition) is 0. The van der Waals surface area contributed by atoms with Gasteiger partial charge in [0.05, 0.1) is 12.8 Å². The summed E-state index contributed by atoms with van der Waals surface area (Å²) in [7, 11) is 1.33. The standard InChI is InChI=1S/C16H11F6N3O2/c1-26-8-9-4-11(27-16(20,21)22)2-3-12(9)10-5-23-13-6-24-14(15(17,18)19)25(13)7-10/h2-7H,8H2,1H3. The van der Waals surface area contributed by atoms with Gasteiger partial charge in [0.25, 0.3) is 0 Å². The normalized spacial score (nSPS) is 12.6. The molecule has 144 valence electrons. The Labute approximate surface area is 148 Å². The van der Waals surface area contributed by atoms with Crippen LogP contribution in [0.15, 0.2) is 36.8 Å². The second-order valence-electron chi connectivity index (χ2n) is 5.45. The highest BCUT2D eigenvalue weighted by atomic mass is 19.4. The summed E-state index contributed by atoms with van der Waals surface area (Å²) >= 11 is 0. The van der Waals surface area contributed by atoms with Crippen LogP contribution in [0.5, 0.6) is 5.75 Å². The van der Waals surface area contributed by atoms with Gasteiger partial charge < -0.3 is 9.47 Å². The Morgan fingerprint density at radius 2 is 1.78 bits per heavy atom. The highest BCUT2D eigenvalue weighted by molar-refractivity contribution is 5.68. The van der Waals surface area contributed by atoms with Gasteiger partial charge in [-0.3, -0.25) is 4.40 Å². The number of imidazole rings is 1. The molecule has 11 heteroatoms. The van der Waals surface area contributed by atoms with Gasteiger partial charge in [-0.1, -0.05) is 6.07 Å². The number of fused-ring (bicyclic) bond motifs is 1. The summed E-state index contributed by atoms with van der Waals surface area (Å²) in [4.78, 5) is 7.24. The molecule has 0 aliphatic heterocycles. The molecule has 0 saturated carbocycles. The van der Waals surface area contributed by atoms with E-state index in [4.69, 9.17) is 4.74 Å². The van der Waals surface area contributed by atoms with Crippen LogP contribution in [0, 0.1) is 0 Å². The van der Waals surface area contributed by atoms with Crippen molar-refractivity contribution in [2.45, 2.75) is 19.1 Å². The van der Waals surface area contributed by atoms with Crippen LogP contribution in [0.3, 0.4) is 0 Å². The van der Waals surface area contributed by atoms with Crippen molar-refractivity contribution in [3.05, 3.63) is 48.2 Å². The van der Waals surface area contributed by atoms with E-state index in [1.807, 2.05) is 0 Å². The first-order valence-corrected chi connectivity index (χ1v) is 7.37. The minimum atomic E-state index is -4.87. The Bertz CT molecular complexity index is 965. The van der Waals surface area contributed by atoms with E-state index in [-0.39, 0.29) is 23.4 Å². The Kier molecular flexibility index (Phi) is 4.72. The molecule has 0 bridgehead atoms. The maximum atomic E-state index is 13.0. The van der Waals surface area contributed by atoms with E-state index in [1.54, 1.807) is 0 Å². The second kappa shape index (κ2) is 6.72. The third-order valence-electron chi connectivity index (χ3n) is 3.56. The highest BCUT2D eigenvalue weighted by Crippen LogP contribution is 2.32. The topological polar surface area (TPSA) is 48.7 Å². The second-order valence-corrected chi connectivity index (χ2v) is 5.45. The number of nitrogens with zero attached hydrogens (tertiary/aromatic N) is 3. The molecule has 1 aromatic carbocycles. The van der Waals surface area contributed by atoms with E-state index in [2.05, 4.69) is 14.7 Å². The van der Waals surface area contributed by atoms with Gasteiger partial charge in [0.15, 0.2) is 5.65 Å². The molecule has 27 heavy (non-hydrogen) atoms. The SMILES string of the molecule is COCc1cc(OC(F)(F)F)ccc1-c1cnc2cnc(C(F)(F)F)n2c1. The van der Waals surface area contributed by atoms with E-state index in [1.165, 1.54) is 19.4 Å². The predicted molar refractivity (Wildman–Crippen MR) is 80.8 cm³/mol. The van der Waals surface area contributed by atoms with Crippen LogP contribution in [0.2, 0.25) is 0 Å². The molecule has 3 rings (SSSR count). The van der Waals surface area contributed by atoms with E-state index in [0.29, 0.717) is 5.56 Å². The fourth-order valence-electron chi connectivity index (χ4n) is 2.56. The van der Waals surface area contributed by atoms with Crippen LogP contribution in [0.25, 0.3) is 16.8 Å². The quantitative estimate of drug-likeness (QED) is 0.617. The van der Waals surface area contributed by atoms with Crippen molar-refractivity contribution < 1.29 is 35.8 Å². The average molecular weight is 391 g/mol. The van der Waals surface area contributed by atoms with Crippen LogP contribution >= 0.6 is 0 Å². The molecule has 0 fully saturated rings. The fraction of sp³-hybridized carbons (Fsp3) is 0.250. The number of halogens is 6. The van der Waals surface area contributed by atoms with E-state index in [9.17, 15) is 26.3 Å². The zero-order chi connectivity index (χ0) is 19.8. The summed E-state index contributed by atoms with van der Waals surface area (Å²) in [6.07, 6.45) is -6.12. The van der Waals surface area contributed by atoms with Crippen LogP contribution in [-0.4, -0.2) is 27.8 Å². The lowest BCUT2D eigenvalue weighted by Gasteiger charge is -2.14. The van der Waals surface area contributed by atoms with Gasteiger partial charge in [0.1, 0.15) is 5.75 Å². The molecule has 0 radical (unpaired) electrons. The summed E-state index contributed by atoms with van der Waals surface area (Å²) in [6, 6.07) is 3.46. The zero-order valence-electron chi connectivity index (χ0n) is 13.6. The average Bonchev–Trinajstić information content (AvgIpc) is 2.97. The third-order valence-corrected chi connectivity index (χ3v) is 3.56. The van der Waals surface area contributed by atoms with Crippen LogP contribution in [0.4, 0.5) is 26.3 Å². The first-order chi connectivity index (χ1) is 12.6. The van der Waals surface area contributed by atoms with Gasteiger partial charge >= 0.3 is 12.5 Å². The molecule has 0 aliphatic carbocycles. The number of methoxy groups -OCH3 is 1. The summed E-state index contributed by atoms with van der Waals surface area (Å²) in [5.74, 6) is -1.62. The lowest BCUT2D eigenvalue weighted by Crippen LogP contribution is -2.17. The van der Waals surface area contributed by atoms with Gasteiger partial charge in [-0.25, -0.2) is 9.97 Å². The van der Waals surface area contributed by atoms with Gasteiger partial charge in [0.2, 0.25) is 5.82 Å². The summed E-state index contributed by atoms with van der Waals surface area (Å²) < 4.78 is 85.9. The minimum absolute atomic E-state index is 0.0172. The predicted octanol–water partition coefficient (Wildman–Crippen LogP) is 4.46. The zero-order valence-corrected chi connectivity index (χ0v) is 13.6. The summed E-state index contributed by atoms with van der Waals surface area (Å²) in [5, 5.41) is 0. The molecule has 0 unspecified atom stereocenters. The molecule has 0 amide bonds. The van der Waals surface area contributed by atoms with Crippen molar-refractivity contribution in [3.8, 4) is 16.9 Å². The maximum Gasteiger partial charge on any atom is 0.573 e. The smallest absolute Gasteiger partial charge is 0.406 e. The molecule has 0 atom stereocenters. The van der Waals surface area contributed by atoms with Crippen molar-refractivity contribution >= 4 is 5.65 Å². The number of benzene rings is 1. The van der Waals surface area contributed by atoms with E-state index >= 15 is 0 Å². The highest BCUT2D eigenvalue weighted by Gasteiger charge is 2.36. The molecule has 2 aromatic heterocycles. The number of hydrogen-bond acceptors (Lipinski definition) is 4. The molecule has 0 aliphatic rings. The lowest BCUT2D eigenvalue weighted by molar-refractivity contribution is -0.274. The Morgan fingerprint density at radius 1 is 1.04 bits per heavy atom. The van der Waals surface area contributed by atoms with Gasteiger partial charge in [-0.2, -0.15) is 13.2 Å². The lowest BCUT2D eigenvalue weighted by atomic mass is 10.0. The monoisotopic (exact) mass is 391 g/mol. The molecule has 3 aromatic rings. The van der Waals surface area contributed by atoms with Gasteiger partial charge in [-0.05, 0) is 23.3 Å². The number of ether oxygens (including phenoxy) is 2. The summed E-state index contributed by atoms with van der Waals surface area (Å²) in [5.41, 5.74) is 0.865. The molecular weight excluding hydrogens is 380 g/mol. The van der Waals surface area contributed by atoms with Crippen molar-refractivity contribution in [3.63, 3.8) is 0 Å². The largest absolute Gasteiger partial charge is 0.573 e. The molecular formula is C16H11F6N3O2. The first kappa shape index (κ1) is 19.0. The molecule has 0 spiro atoms. The van der Waals surface area contributed by atoms with E-state index in [0.717, 1.165) is 28.9 Å². The van der Waals surface area contributed by atoms with Crippen LogP contribution in [-0.2, 0) is 17.5 Å². The number of aromatic nitrogens is 3. The molecule has 0 saturated heterocycles. The number of rotatable bonds is 4. The Hall–Kier alpha value is -2.82. The molecule has 2 heterocycles. The van der Waals surface area contributed by atoms with Crippen LogP contribution in [0.1, 0.15) is 11.4 Å².